The average molecular weight is 313 g/mol. The summed E-state index contributed by atoms with van der Waals surface area (Å²) in [5, 5.41) is 3.79. The molecule has 0 aliphatic carbocycles. The average Bonchev–Trinajstić information content (AvgIpc) is 2.41. The summed E-state index contributed by atoms with van der Waals surface area (Å²) in [5.41, 5.74) is 1.20. The number of piperidine rings is 1. The second kappa shape index (κ2) is 7.08. The highest BCUT2D eigenvalue weighted by Crippen LogP contribution is 2.21. The van der Waals surface area contributed by atoms with Gasteiger partial charge < -0.3 is 5.32 Å². The van der Waals surface area contributed by atoms with Crippen molar-refractivity contribution in [3.8, 4) is 0 Å². The first-order valence-corrected chi connectivity index (χ1v) is 8.12. The Morgan fingerprint density at radius 2 is 1.95 bits per heavy atom. The first kappa shape index (κ1) is 16.7. The molecule has 0 amide bonds. The normalized spacial score (nSPS) is 18.1. The predicted molar refractivity (Wildman–Crippen MR) is 87.2 cm³/mol. The van der Waals surface area contributed by atoms with Crippen LogP contribution in [0.2, 0.25) is 5.02 Å². The van der Waals surface area contributed by atoms with Crippen LogP contribution in [0.15, 0.2) is 18.2 Å². The quantitative estimate of drug-likeness (QED) is 0.901. The van der Waals surface area contributed by atoms with Crippen LogP contribution in [0.5, 0.6) is 0 Å². The molecule has 0 saturated carbocycles. The number of nitrogens with one attached hydrogen (secondary N) is 1. The topological polar surface area (TPSA) is 15.3 Å². The molecular weight excluding hydrogens is 287 g/mol. The SMILES string of the molecule is CC(C)(C)NCC1CCN(Cc2ccc(Cl)c(F)c2)CC1. The predicted octanol–water partition coefficient (Wildman–Crippen LogP) is 4.08. The van der Waals surface area contributed by atoms with E-state index in [9.17, 15) is 4.39 Å². The molecule has 1 fully saturated rings. The zero-order valence-corrected chi connectivity index (χ0v) is 14.0. The number of hydrogen-bond acceptors (Lipinski definition) is 2. The van der Waals surface area contributed by atoms with Crippen LogP contribution in [0, 0.1) is 11.7 Å². The molecule has 2 nitrogen and oxygen atoms in total. The van der Waals surface area contributed by atoms with Crippen LogP contribution >= 0.6 is 11.6 Å². The summed E-state index contributed by atoms with van der Waals surface area (Å²) < 4.78 is 13.4. The van der Waals surface area contributed by atoms with Crippen molar-refractivity contribution in [2.45, 2.75) is 45.7 Å². The zero-order chi connectivity index (χ0) is 15.5. The van der Waals surface area contributed by atoms with E-state index in [0.29, 0.717) is 0 Å². The first-order chi connectivity index (χ1) is 9.83. The van der Waals surface area contributed by atoms with Crippen molar-refractivity contribution < 1.29 is 4.39 Å². The monoisotopic (exact) mass is 312 g/mol. The van der Waals surface area contributed by atoms with Gasteiger partial charge in [0.2, 0.25) is 0 Å². The second-order valence-corrected chi connectivity index (χ2v) is 7.51. The molecule has 0 unspecified atom stereocenters. The summed E-state index contributed by atoms with van der Waals surface area (Å²) >= 11 is 5.72. The smallest absolute Gasteiger partial charge is 0.142 e. The molecule has 118 valence electrons. The Morgan fingerprint density at radius 1 is 1.29 bits per heavy atom. The number of rotatable bonds is 4. The molecule has 0 spiro atoms. The van der Waals surface area contributed by atoms with E-state index >= 15 is 0 Å². The lowest BCUT2D eigenvalue weighted by molar-refractivity contribution is 0.170. The van der Waals surface area contributed by atoms with Gasteiger partial charge in [0.1, 0.15) is 5.82 Å². The zero-order valence-electron chi connectivity index (χ0n) is 13.3. The summed E-state index contributed by atoms with van der Waals surface area (Å²) in [4.78, 5) is 2.40. The lowest BCUT2D eigenvalue weighted by atomic mass is 9.95. The van der Waals surface area contributed by atoms with Crippen LogP contribution in [0.1, 0.15) is 39.2 Å². The highest BCUT2D eigenvalue weighted by atomic mass is 35.5. The minimum Gasteiger partial charge on any atom is -0.312 e. The van der Waals surface area contributed by atoms with Gasteiger partial charge in [0.05, 0.1) is 5.02 Å². The Labute approximate surface area is 132 Å². The molecule has 0 aromatic heterocycles. The van der Waals surface area contributed by atoms with E-state index in [1.54, 1.807) is 12.1 Å². The van der Waals surface area contributed by atoms with Crippen molar-refractivity contribution in [1.82, 2.24) is 10.2 Å². The third-order valence-electron chi connectivity index (χ3n) is 4.02. The molecule has 0 atom stereocenters. The van der Waals surface area contributed by atoms with Gasteiger partial charge in [-0.3, -0.25) is 4.90 Å². The first-order valence-electron chi connectivity index (χ1n) is 7.75. The number of hydrogen-bond donors (Lipinski definition) is 1. The molecule has 1 saturated heterocycles. The molecule has 0 radical (unpaired) electrons. The van der Waals surface area contributed by atoms with Crippen molar-refractivity contribution >= 4 is 11.6 Å². The van der Waals surface area contributed by atoms with Gasteiger partial charge in [0, 0.05) is 12.1 Å². The molecule has 1 aliphatic heterocycles. The van der Waals surface area contributed by atoms with E-state index in [-0.39, 0.29) is 16.4 Å². The maximum absolute atomic E-state index is 13.4. The van der Waals surface area contributed by atoms with Gasteiger partial charge in [-0.1, -0.05) is 17.7 Å². The van der Waals surface area contributed by atoms with E-state index in [4.69, 9.17) is 11.6 Å². The summed E-state index contributed by atoms with van der Waals surface area (Å²) in [7, 11) is 0. The van der Waals surface area contributed by atoms with E-state index in [0.717, 1.165) is 37.7 Å². The van der Waals surface area contributed by atoms with Crippen LogP contribution < -0.4 is 5.32 Å². The number of benzene rings is 1. The fourth-order valence-corrected chi connectivity index (χ4v) is 2.81. The van der Waals surface area contributed by atoms with Crippen molar-refractivity contribution in [2.24, 2.45) is 5.92 Å². The summed E-state index contributed by atoms with van der Waals surface area (Å²) in [5.74, 6) is 0.431. The molecule has 1 aromatic rings. The van der Waals surface area contributed by atoms with Crippen LogP contribution in [0.3, 0.4) is 0 Å². The van der Waals surface area contributed by atoms with Crippen LogP contribution in [0.25, 0.3) is 0 Å². The molecule has 1 aromatic carbocycles. The van der Waals surface area contributed by atoms with Crippen molar-refractivity contribution in [3.05, 3.63) is 34.6 Å². The molecule has 1 aliphatic rings. The van der Waals surface area contributed by atoms with Gasteiger partial charge in [-0.25, -0.2) is 4.39 Å². The summed E-state index contributed by atoms with van der Waals surface area (Å²) in [6.07, 6.45) is 2.41. The molecule has 4 heteroatoms. The minimum absolute atomic E-state index is 0.192. The highest BCUT2D eigenvalue weighted by Gasteiger charge is 2.21. The molecule has 21 heavy (non-hydrogen) atoms. The molecular formula is C17H26ClFN2. The maximum atomic E-state index is 13.4. The molecule has 2 rings (SSSR count). The van der Waals surface area contributed by atoms with Crippen molar-refractivity contribution in [1.29, 1.82) is 0 Å². The second-order valence-electron chi connectivity index (χ2n) is 7.10. The van der Waals surface area contributed by atoms with E-state index in [1.807, 2.05) is 6.07 Å². The molecule has 1 heterocycles. The number of nitrogens with zero attached hydrogens (tertiary/aromatic N) is 1. The van der Waals surface area contributed by atoms with Crippen LogP contribution in [-0.2, 0) is 6.54 Å². The van der Waals surface area contributed by atoms with Crippen LogP contribution in [0.4, 0.5) is 4.39 Å². The highest BCUT2D eigenvalue weighted by molar-refractivity contribution is 6.30. The number of likely N-dealkylation sites (tertiary alicyclic amines) is 1. The molecule has 0 bridgehead atoms. The van der Waals surface area contributed by atoms with E-state index in [1.165, 1.54) is 12.8 Å². The van der Waals surface area contributed by atoms with Gasteiger partial charge in [0.25, 0.3) is 0 Å². The van der Waals surface area contributed by atoms with E-state index in [2.05, 4.69) is 31.0 Å². The van der Waals surface area contributed by atoms with Gasteiger partial charge in [-0.2, -0.15) is 0 Å². The van der Waals surface area contributed by atoms with Gasteiger partial charge in [-0.15, -0.1) is 0 Å². The fraction of sp³-hybridized carbons (Fsp3) is 0.647. The Balaban J connectivity index is 1.77. The standard InChI is InChI=1S/C17H26ClFN2/c1-17(2,3)20-11-13-6-8-21(9-7-13)12-14-4-5-15(18)16(19)10-14/h4-5,10,13,20H,6-9,11-12H2,1-3H3. The van der Waals surface area contributed by atoms with E-state index < -0.39 is 0 Å². The summed E-state index contributed by atoms with van der Waals surface area (Å²) in [6.45, 7) is 10.7. The van der Waals surface area contributed by atoms with Gasteiger partial charge in [0.15, 0.2) is 0 Å². The Hall–Kier alpha value is -0.640. The van der Waals surface area contributed by atoms with Crippen molar-refractivity contribution in [2.75, 3.05) is 19.6 Å². The fourth-order valence-electron chi connectivity index (χ4n) is 2.70. The lowest BCUT2D eigenvalue weighted by Gasteiger charge is -2.33. The Bertz CT molecular complexity index is 462. The lowest BCUT2D eigenvalue weighted by Crippen LogP contribution is -2.42. The van der Waals surface area contributed by atoms with Gasteiger partial charge >= 0.3 is 0 Å². The Kier molecular flexibility index (Phi) is 5.64. The third-order valence-corrected chi connectivity index (χ3v) is 4.32. The van der Waals surface area contributed by atoms with Gasteiger partial charge in [-0.05, 0) is 76.9 Å². The molecule has 1 N–H and O–H groups in total. The van der Waals surface area contributed by atoms with Crippen LogP contribution in [-0.4, -0.2) is 30.1 Å². The van der Waals surface area contributed by atoms with Crippen molar-refractivity contribution in [3.63, 3.8) is 0 Å². The maximum Gasteiger partial charge on any atom is 0.142 e. The summed E-state index contributed by atoms with van der Waals surface area (Å²) in [6, 6.07) is 5.11. The third kappa shape index (κ3) is 5.57. The number of halogens is 2. The Morgan fingerprint density at radius 3 is 2.52 bits per heavy atom. The largest absolute Gasteiger partial charge is 0.312 e. The minimum atomic E-state index is -0.321.